The van der Waals surface area contributed by atoms with Gasteiger partial charge in [-0.25, -0.2) is 0 Å². The molecule has 0 radical (unpaired) electrons. The molecule has 0 aromatic carbocycles. The fraction of sp³-hybridized carbons (Fsp3) is 0.545. The van der Waals surface area contributed by atoms with Crippen LogP contribution >= 0.6 is 0 Å². The number of nitrogens with two attached hydrogens (primary N) is 1. The van der Waals surface area contributed by atoms with Gasteiger partial charge in [-0.1, -0.05) is 32.9 Å². The number of nitrogens with zero attached hydrogens (tertiary/aromatic N) is 2. The van der Waals surface area contributed by atoms with Gasteiger partial charge in [0.1, 0.15) is 0 Å². The van der Waals surface area contributed by atoms with Crippen LogP contribution in [0.4, 0.5) is 0 Å². The lowest BCUT2D eigenvalue weighted by atomic mass is 9.93. The summed E-state index contributed by atoms with van der Waals surface area (Å²) in [6.45, 7) is 9.29. The van der Waals surface area contributed by atoms with E-state index < -0.39 is 0 Å². The highest BCUT2D eigenvalue weighted by atomic mass is 14.9. The SMILES string of the molecule is CC.CC(CCCN)c1cccnc1.c1cncc(C2CCCNC2)c1. The number of rotatable bonds is 5. The zero-order chi connectivity index (χ0) is 19.0. The van der Waals surface area contributed by atoms with Crippen molar-refractivity contribution in [1.29, 1.82) is 0 Å². The van der Waals surface area contributed by atoms with Gasteiger partial charge in [-0.15, -0.1) is 0 Å². The van der Waals surface area contributed by atoms with Crippen molar-refractivity contribution in [2.45, 2.75) is 58.3 Å². The lowest BCUT2D eigenvalue weighted by Gasteiger charge is -2.22. The Kier molecular flexibility index (Phi) is 12.3. The second-order valence-electron chi connectivity index (χ2n) is 6.45. The van der Waals surface area contributed by atoms with Gasteiger partial charge in [0.15, 0.2) is 0 Å². The van der Waals surface area contributed by atoms with E-state index in [1.54, 1.807) is 6.20 Å². The van der Waals surface area contributed by atoms with Gasteiger partial charge < -0.3 is 11.1 Å². The lowest BCUT2D eigenvalue weighted by Crippen LogP contribution is -2.28. The van der Waals surface area contributed by atoms with E-state index in [1.165, 1.54) is 30.5 Å². The normalized spacial score (nSPS) is 17.2. The van der Waals surface area contributed by atoms with Crippen molar-refractivity contribution in [2.75, 3.05) is 19.6 Å². The minimum absolute atomic E-state index is 0.585. The summed E-state index contributed by atoms with van der Waals surface area (Å²) in [7, 11) is 0. The van der Waals surface area contributed by atoms with E-state index in [4.69, 9.17) is 5.73 Å². The molecule has 1 aliphatic rings. The highest BCUT2D eigenvalue weighted by molar-refractivity contribution is 5.15. The Morgan fingerprint density at radius 3 is 2.42 bits per heavy atom. The molecule has 3 heterocycles. The lowest BCUT2D eigenvalue weighted by molar-refractivity contribution is 0.461. The molecule has 0 spiro atoms. The van der Waals surface area contributed by atoms with Crippen LogP contribution in [-0.2, 0) is 0 Å². The van der Waals surface area contributed by atoms with Crippen molar-refractivity contribution in [2.24, 2.45) is 5.73 Å². The topological polar surface area (TPSA) is 63.8 Å². The quantitative estimate of drug-likeness (QED) is 0.828. The highest BCUT2D eigenvalue weighted by Gasteiger charge is 2.14. The minimum Gasteiger partial charge on any atom is -0.330 e. The molecule has 144 valence electrons. The van der Waals surface area contributed by atoms with E-state index in [2.05, 4.69) is 34.3 Å². The van der Waals surface area contributed by atoms with Crippen LogP contribution in [0.25, 0.3) is 0 Å². The van der Waals surface area contributed by atoms with Gasteiger partial charge in [0.2, 0.25) is 0 Å². The Morgan fingerprint density at radius 1 is 1.15 bits per heavy atom. The van der Waals surface area contributed by atoms with Crippen molar-refractivity contribution < 1.29 is 0 Å². The van der Waals surface area contributed by atoms with Crippen LogP contribution < -0.4 is 11.1 Å². The zero-order valence-corrected chi connectivity index (χ0v) is 16.7. The first kappa shape index (κ1) is 22.3. The third kappa shape index (κ3) is 8.54. The maximum absolute atomic E-state index is 5.44. The maximum Gasteiger partial charge on any atom is 0.0303 e. The van der Waals surface area contributed by atoms with Crippen LogP contribution in [0.2, 0.25) is 0 Å². The number of pyridine rings is 2. The molecule has 1 saturated heterocycles. The van der Waals surface area contributed by atoms with Gasteiger partial charge in [-0.2, -0.15) is 0 Å². The van der Waals surface area contributed by atoms with Crippen molar-refractivity contribution in [1.82, 2.24) is 15.3 Å². The van der Waals surface area contributed by atoms with Gasteiger partial charge in [0, 0.05) is 31.3 Å². The largest absolute Gasteiger partial charge is 0.330 e. The number of hydrogen-bond donors (Lipinski definition) is 2. The van der Waals surface area contributed by atoms with E-state index in [1.807, 2.05) is 44.6 Å². The van der Waals surface area contributed by atoms with E-state index in [-0.39, 0.29) is 0 Å². The van der Waals surface area contributed by atoms with Gasteiger partial charge in [0.05, 0.1) is 0 Å². The van der Waals surface area contributed by atoms with Crippen molar-refractivity contribution >= 4 is 0 Å². The van der Waals surface area contributed by atoms with Crippen LogP contribution in [0, 0.1) is 0 Å². The molecular weight excluding hydrogens is 320 g/mol. The summed E-state index contributed by atoms with van der Waals surface area (Å²) in [4.78, 5) is 8.21. The average molecular weight is 357 g/mol. The molecule has 2 aromatic heterocycles. The molecule has 3 N–H and O–H groups in total. The summed E-state index contributed by atoms with van der Waals surface area (Å²) < 4.78 is 0. The third-order valence-corrected chi connectivity index (χ3v) is 4.55. The molecule has 0 amide bonds. The van der Waals surface area contributed by atoms with Crippen LogP contribution in [-0.4, -0.2) is 29.6 Å². The molecule has 0 bridgehead atoms. The molecule has 2 atom stereocenters. The molecule has 2 aromatic rings. The second kappa shape index (κ2) is 14.4. The van der Waals surface area contributed by atoms with E-state index in [9.17, 15) is 0 Å². The molecule has 1 aliphatic heterocycles. The molecule has 1 fully saturated rings. The summed E-state index contributed by atoms with van der Waals surface area (Å²) in [5.74, 6) is 1.27. The van der Waals surface area contributed by atoms with Gasteiger partial charge in [-0.05, 0) is 73.9 Å². The molecule has 3 rings (SSSR count). The van der Waals surface area contributed by atoms with Crippen molar-refractivity contribution in [3.05, 3.63) is 60.2 Å². The van der Waals surface area contributed by atoms with Crippen LogP contribution in [0.3, 0.4) is 0 Å². The summed E-state index contributed by atoms with van der Waals surface area (Å²) in [5, 5.41) is 3.41. The smallest absolute Gasteiger partial charge is 0.0303 e. The van der Waals surface area contributed by atoms with Crippen molar-refractivity contribution in [3.8, 4) is 0 Å². The summed E-state index contributed by atoms with van der Waals surface area (Å²) >= 11 is 0. The standard InChI is InChI=1S/C10H14N2.C10H16N2.C2H6/c1-3-9(7-11-5-1)10-4-2-6-12-8-10;1-9(4-2-6-11)10-5-3-7-12-8-10;1-2/h1,3,5,7,10,12H,2,4,6,8H2;3,5,7-9H,2,4,6,11H2,1H3;1-2H3. The second-order valence-corrected chi connectivity index (χ2v) is 6.45. The predicted molar refractivity (Wildman–Crippen MR) is 111 cm³/mol. The fourth-order valence-electron chi connectivity index (χ4n) is 3.01. The number of hydrogen-bond acceptors (Lipinski definition) is 4. The first-order valence-electron chi connectivity index (χ1n) is 10.0. The van der Waals surface area contributed by atoms with Gasteiger partial charge >= 0.3 is 0 Å². The summed E-state index contributed by atoms with van der Waals surface area (Å²) in [6.07, 6.45) is 12.4. The fourth-order valence-corrected chi connectivity index (χ4v) is 3.01. The Balaban J connectivity index is 0.000000238. The maximum atomic E-state index is 5.44. The molecule has 0 aliphatic carbocycles. The Morgan fingerprint density at radius 2 is 1.88 bits per heavy atom. The molecule has 2 unspecified atom stereocenters. The Labute approximate surface area is 159 Å². The van der Waals surface area contributed by atoms with Crippen LogP contribution in [0.15, 0.2) is 49.1 Å². The molecule has 26 heavy (non-hydrogen) atoms. The number of piperidine rings is 1. The van der Waals surface area contributed by atoms with Crippen LogP contribution in [0.5, 0.6) is 0 Å². The third-order valence-electron chi connectivity index (χ3n) is 4.55. The number of nitrogens with one attached hydrogen (secondary N) is 1. The molecular formula is C22H36N4. The zero-order valence-electron chi connectivity index (χ0n) is 16.7. The Hall–Kier alpha value is -1.78. The average Bonchev–Trinajstić information content (AvgIpc) is 2.76. The molecule has 0 saturated carbocycles. The Bertz CT molecular complexity index is 539. The van der Waals surface area contributed by atoms with Gasteiger partial charge in [-0.3, -0.25) is 9.97 Å². The van der Waals surface area contributed by atoms with Gasteiger partial charge in [0.25, 0.3) is 0 Å². The highest BCUT2D eigenvalue weighted by Crippen LogP contribution is 2.21. The minimum atomic E-state index is 0.585. The molecule has 4 heteroatoms. The monoisotopic (exact) mass is 356 g/mol. The van der Waals surface area contributed by atoms with E-state index in [0.29, 0.717) is 11.8 Å². The first-order chi connectivity index (χ1) is 12.8. The van der Waals surface area contributed by atoms with E-state index in [0.717, 1.165) is 25.9 Å². The number of aromatic nitrogens is 2. The molecule has 4 nitrogen and oxygen atoms in total. The van der Waals surface area contributed by atoms with Crippen molar-refractivity contribution in [3.63, 3.8) is 0 Å². The first-order valence-corrected chi connectivity index (χ1v) is 10.0. The summed E-state index contributed by atoms with van der Waals surface area (Å²) in [5.41, 5.74) is 8.13. The van der Waals surface area contributed by atoms with Crippen LogP contribution in [0.1, 0.15) is 69.4 Å². The van der Waals surface area contributed by atoms with E-state index >= 15 is 0 Å². The summed E-state index contributed by atoms with van der Waals surface area (Å²) in [6, 6.07) is 8.29. The predicted octanol–water partition coefficient (Wildman–Crippen LogP) is 4.50.